The van der Waals surface area contributed by atoms with Gasteiger partial charge in [-0.25, -0.2) is 0 Å². The van der Waals surface area contributed by atoms with Crippen molar-refractivity contribution in [2.24, 2.45) is 7.05 Å². The molecule has 1 aliphatic heterocycles. The summed E-state index contributed by atoms with van der Waals surface area (Å²) < 4.78 is 12.9. The normalized spacial score (nSPS) is 18.0. The number of para-hydroxylation sites is 1. The summed E-state index contributed by atoms with van der Waals surface area (Å²) >= 11 is 0. The van der Waals surface area contributed by atoms with Crippen LogP contribution in [0.2, 0.25) is 0 Å². The molecule has 142 valence electrons. The van der Waals surface area contributed by atoms with E-state index >= 15 is 0 Å². The van der Waals surface area contributed by atoms with Gasteiger partial charge in [0.1, 0.15) is 0 Å². The molecule has 8 heteroatoms. The van der Waals surface area contributed by atoms with Gasteiger partial charge in [0.25, 0.3) is 5.89 Å². The molecule has 1 aromatic carbocycles. The van der Waals surface area contributed by atoms with Gasteiger partial charge in [-0.05, 0) is 11.6 Å². The molecule has 0 radical (unpaired) electrons. The van der Waals surface area contributed by atoms with Crippen molar-refractivity contribution in [3.63, 3.8) is 0 Å². The molecule has 0 bridgehead atoms. The lowest BCUT2D eigenvalue weighted by molar-refractivity contribution is -0.0164. The minimum atomic E-state index is -0.0677. The van der Waals surface area contributed by atoms with Gasteiger partial charge in [0, 0.05) is 37.9 Å². The van der Waals surface area contributed by atoms with Crippen molar-refractivity contribution in [2.45, 2.75) is 12.6 Å². The van der Waals surface area contributed by atoms with Crippen molar-refractivity contribution < 1.29 is 9.26 Å². The fourth-order valence-electron chi connectivity index (χ4n) is 3.60. The Hall–Kier alpha value is -3.10. The van der Waals surface area contributed by atoms with Crippen molar-refractivity contribution >= 4 is 10.9 Å². The van der Waals surface area contributed by atoms with Crippen LogP contribution in [0, 0.1) is 0 Å². The lowest BCUT2D eigenvalue weighted by atomic mass is 10.1. The molecule has 0 unspecified atom stereocenters. The zero-order chi connectivity index (χ0) is 18.9. The first-order valence-corrected chi connectivity index (χ1v) is 9.25. The van der Waals surface area contributed by atoms with Gasteiger partial charge in [-0.2, -0.15) is 10.1 Å². The molecule has 0 aliphatic carbocycles. The molecule has 8 nitrogen and oxygen atoms in total. The quantitative estimate of drug-likeness (QED) is 0.541. The van der Waals surface area contributed by atoms with Gasteiger partial charge in [0.2, 0.25) is 0 Å². The highest BCUT2D eigenvalue weighted by molar-refractivity contribution is 5.81. The van der Waals surface area contributed by atoms with Crippen LogP contribution in [0.15, 0.2) is 53.4 Å². The number of rotatable bonds is 4. The SMILES string of the molecule is Cn1cc(-c2nc([C@H]3COCCN3Cc3cccc4cccnc34)no2)cn1. The first-order valence-electron chi connectivity index (χ1n) is 9.25. The Morgan fingerprint density at radius 1 is 1.21 bits per heavy atom. The summed E-state index contributed by atoms with van der Waals surface area (Å²) in [5, 5.41) is 9.52. The van der Waals surface area contributed by atoms with Crippen molar-refractivity contribution in [1.82, 2.24) is 29.8 Å². The number of morpholine rings is 1. The maximum absolute atomic E-state index is 5.72. The number of ether oxygens (including phenoxy) is 1. The largest absolute Gasteiger partial charge is 0.378 e. The van der Waals surface area contributed by atoms with Crippen LogP contribution in [0.4, 0.5) is 0 Å². The van der Waals surface area contributed by atoms with E-state index in [0.717, 1.165) is 29.6 Å². The van der Waals surface area contributed by atoms with Crippen LogP contribution in [0.1, 0.15) is 17.4 Å². The van der Waals surface area contributed by atoms with E-state index in [4.69, 9.17) is 9.26 Å². The minimum Gasteiger partial charge on any atom is -0.378 e. The molecular weight excluding hydrogens is 356 g/mol. The van der Waals surface area contributed by atoms with E-state index in [9.17, 15) is 0 Å². The number of benzene rings is 1. The number of pyridine rings is 1. The van der Waals surface area contributed by atoms with E-state index in [1.165, 1.54) is 5.56 Å². The molecule has 4 heterocycles. The first-order chi connectivity index (χ1) is 13.8. The number of hydrogen-bond acceptors (Lipinski definition) is 7. The van der Waals surface area contributed by atoms with Gasteiger partial charge >= 0.3 is 0 Å². The number of nitrogens with zero attached hydrogens (tertiary/aromatic N) is 6. The summed E-state index contributed by atoms with van der Waals surface area (Å²) in [6.07, 6.45) is 5.41. The van der Waals surface area contributed by atoms with Crippen molar-refractivity contribution in [3.8, 4) is 11.5 Å². The Bertz CT molecular complexity index is 1100. The number of hydrogen-bond donors (Lipinski definition) is 0. The second-order valence-corrected chi connectivity index (χ2v) is 6.91. The molecule has 1 fully saturated rings. The summed E-state index contributed by atoms with van der Waals surface area (Å²) in [4.78, 5) is 11.5. The lowest BCUT2D eigenvalue weighted by Crippen LogP contribution is -2.39. The lowest BCUT2D eigenvalue weighted by Gasteiger charge is -2.33. The molecule has 1 atom stereocenters. The topological polar surface area (TPSA) is 82.1 Å². The molecule has 4 aromatic rings. The Kier molecular flexibility index (Phi) is 4.34. The smallest absolute Gasteiger partial charge is 0.261 e. The highest BCUT2D eigenvalue weighted by atomic mass is 16.5. The maximum atomic E-state index is 5.72. The fraction of sp³-hybridized carbons (Fsp3) is 0.300. The third-order valence-corrected chi connectivity index (χ3v) is 5.02. The molecule has 3 aromatic heterocycles. The maximum Gasteiger partial charge on any atom is 0.261 e. The highest BCUT2D eigenvalue weighted by Gasteiger charge is 2.29. The summed E-state index contributed by atoms with van der Waals surface area (Å²) in [5.41, 5.74) is 3.02. The highest BCUT2D eigenvalue weighted by Crippen LogP contribution is 2.28. The molecule has 0 amide bonds. The van der Waals surface area contributed by atoms with Gasteiger partial charge in [-0.3, -0.25) is 14.6 Å². The Morgan fingerprint density at radius 2 is 2.14 bits per heavy atom. The average molecular weight is 376 g/mol. The second-order valence-electron chi connectivity index (χ2n) is 6.91. The van der Waals surface area contributed by atoms with E-state index in [-0.39, 0.29) is 6.04 Å². The summed E-state index contributed by atoms with van der Waals surface area (Å²) in [6.45, 7) is 2.76. The third kappa shape index (κ3) is 3.17. The van der Waals surface area contributed by atoms with E-state index in [1.54, 1.807) is 10.9 Å². The van der Waals surface area contributed by atoms with E-state index in [2.05, 4.69) is 49.4 Å². The van der Waals surface area contributed by atoms with Crippen LogP contribution in [-0.4, -0.2) is 49.6 Å². The average Bonchev–Trinajstić information content (AvgIpc) is 3.38. The Balaban J connectivity index is 1.43. The molecule has 0 spiro atoms. The van der Waals surface area contributed by atoms with E-state index in [1.807, 2.05) is 25.5 Å². The van der Waals surface area contributed by atoms with Crippen LogP contribution in [-0.2, 0) is 18.3 Å². The Morgan fingerprint density at radius 3 is 3.04 bits per heavy atom. The predicted molar refractivity (Wildman–Crippen MR) is 102 cm³/mol. The van der Waals surface area contributed by atoms with Crippen LogP contribution in [0.5, 0.6) is 0 Å². The molecule has 1 aliphatic rings. The zero-order valence-corrected chi connectivity index (χ0v) is 15.5. The molecule has 5 rings (SSSR count). The van der Waals surface area contributed by atoms with Crippen molar-refractivity contribution in [3.05, 3.63) is 60.3 Å². The van der Waals surface area contributed by atoms with Gasteiger partial charge in [0.05, 0.1) is 36.5 Å². The number of aryl methyl sites for hydroxylation is 1. The van der Waals surface area contributed by atoms with Crippen molar-refractivity contribution in [2.75, 3.05) is 19.8 Å². The second kappa shape index (κ2) is 7.14. The van der Waals surface area contributed by atoms with E-state index in [0.29, 0.717) is 24.9 Å². The van der Waals surface area contributed by atoms with Crippen molar-refractivity contribution in [1.29, 1.82) is 0 Å². The molecule has 0 N–H and O–H groups in total. The summed E-state index contributed by atoms with van der Waals surface area (Å²) in [6, 6.07) is 10.3. The van der Waals surface area contributed by atoms with Gasteiger partial charge in [0.15, 0.2) is 5.82 Å². The first kappa shape index (κ1) is 17.0. The van der Waals surface area contributed by atoms with Gasteiger partial charge in [-0.1, -0.05) is 29.4 Å². The Labute approximate surface area is 161 Å². The fourth-order valence-corrected chi connectivity index (χ4v) is 3.60. The monoisotopic (exact) mass is 376 g/mol. The van der Waals surface area contributed by atoms with Crippen LogP contribution in [0.3, 0.4) is 0 Å². The zero-order valence-electron chi connectivity index (χ0n) is 15.5. The molecule has 1 saturated heterocycles. The van der Waals surface area contributed by atoms with Gasteiger partial charge < -0.3 is 9.26 Å². The number of aromatic nitrogens is 5. The molecule has 28 heavy (non-hydrogen) atoms. The standard InChI is InChI=1S/C20H20N6O2/c1-25-11-16(10-22-25)20-23-19(24-28-20)17-13-27-9-8-26(17)12-15-5-2-4-14-6-3-7-21-18(14)15/h2-7,10-11,17H,8-9,12-13H2,1H3/t17-/m1/s1. The third-order valence-electron chi connectivity index (χ3n) is 5.02. The molecule has 0 saturated carbocycles. The van der Waals surface area contributed by atoms with Crippen LogP contribution in [0.25, 0.3) is 22.4 Å². The molecular formula is C20H20N6O2. The summed E-state index contributed by atoms with van der Waals surface area (Å²) in [7, 11) is 1.86. The minimum absolute atomic E-state index is 0.0677. The predicted octanol–water partition coefficient (Wildman–Crippen LogP) is 2.59. The van der Waals surface area contributed by atoms with Crippen LogP contribution < -0.4 is 0 Å². The number of fused-ring (bicyclic) bond motifs is 1. The van der Waals surface area contributed by atoms with E-state index < -0.39 is 0 Å². The van der Waals surface area contributed by atoms with Gasteiger partial charge in [-0.15, -0.1) is 0 Å². The summed E-state index contributed by atoms with van der Waals surface area (Å²) in [5.74, 6) is 1.10. The van der Waals surface area contributed by atoms with Crippen LogP contribution >= 0.6 is 0 Å².